The van der Waals surface area contributed by atoms with E-state index in [-0.39, 0.29) is 11.7 Å². The average molecular weight is 210 g/mol. The van der Waals surface area contributed by atoms with E-state index in [1.807, 2.05) is 6.92 Å². The molecule has 0 aliphatic carbocycles. The van der Waals surface area contributed by atoms with Gasteiger partial charge in [0, 0.05) is 13.0 Å². The number of hydrogen-bond acceptors (Lipinski definition) is 3. The third-order valence-electron chi connectivity index (χ3n) is 2.53. The lowest BCUT2D eigenvalue weighted by molar-refractivity contribution is 0.0910. The number of aryl methyl sites for hydroxylation is 1. The number of carbonyl (C=O) groups is 1. The highest BCUT2D eigenvalue weighted by Crippen LogP contribution is 2.22. The van der Waals surface area contributed by atoms with E-state index in [0.717, 1.165) is 12.8 Å². The van der Waals surface area contributed by atoms with Crippen LogP contribution in [0, 0.1) is 5.92 Å². The normalized spacial score (nSPS) is 12.5. The molecule has 0 saturated heterocycles. The zero-order valence-corrected chi connectivity index (χ0v) is 9.78. The summed E-state index contributed by atoms with van der Waals surface area (Å²) in [6, 6.07) is 0. The van der Waals surface area contributed by atoms with Gasteiger partial charge in [0.25, 0.3) is 0 Å². The Morgan fingerprint density at radius 3 is 2.87 bits per heavy atom. The van der Waals surface area contributed by atoms with Gasteiger partial charge in [0.05, 0.1) is 13.3 Å². The Bertz CT molecular complexity index is 344. The van der Waals surface area contributed by atoms with Crippen LogP contribution in [0.25, 0.3) is 0 Å². The molecule has 4 nitrogen and oxygen atoms in total. The van der Waals surface area contributed by atoms with Gasteiger partial charge in [0.2, 0.25) is 0 Å². The predicted molar refractivity (Wildman–Crippen MR) is 58.2 cm³/mol. The molecule has 1 unspecified atom stereocenters. The van der Waals surface area contributed by atoms with Crippen molar-refractivity contribution in [1.82, 2.24) is 9.78 Å². The molecule has 1 atom stereocenters. The summed E-state index contributed by atoms with van der Waals surface area (Å²) in [6.45, 7) is 4.02. The van der Waals surface area contributed by atoms with E-state index >= 15 is 0 Å². The van der Waals surface area contributed by atoms with E-state index < -0.39 is 0 Å². The van der Waals surface area contributed by atoms with Crippen molar-refractivity contribution >= 4 is 5.78 Å². The maximum atomic E-state index is 12.1. The summed E-state index contributed by atoms with van der Waals surface area (Å²) in [6.07, 6.45) is 3.48. The number of nitrogens with zero attached hydrogens (tertiary/aromatic N) is 2. The van der Waals surface area contributed by atoms with Crippen LogP contribution in [0.2, 0.25) is 0 Å². The molecule has 1 heterocycles. The van der Waals surface area contributed by atoms with Gasteiger partial charge in [-0.3, -0.25) is 9.48 Å². The standard InChI is InChI=1S/C11H18N2O2/c1-5-6-8(2)11(14)10-9(15-4)7-12-13(10)3/h7-8H,5-6H2,1-4H3. The Morgan fingerprint density at radius 1 is 1.67 bits per heavy atom. The van der Waals surface area contributed by atoms with Crippen LogP contribution in [-0.4, -0.2) is 22.7 Å². The Balaban J connectivity index is 2.94. The zero-order chi connectivity index (χ0) is 11.4. The molecule has 0 amide bonds. The number of hydrogen-bond donors (Lipinski definition) is 0. The SMILES string of the molecule is CCCC(C)C(=O)c1c(OC)cnn1C. The molecule has 0 aliphatic heterocycles. The van der Waals surface area contributed by atoms with Gasteiger partial charge < -0.3 is 4.74 Å². The summed E-state index contributed by atoms with van der Waals surface area (Å²) in [5.74, 6) is 0.693. The molecule has 0 bridgehead atoms. The second kappa shape index (κ2) is 4.96. The van der Waals surface area contributed by atoms with E-state index in [1.54, 1.807) is 25.0 Å². The molecule has 0 aliphatic rings. The minimum Gasteiger partial charge on any atom is -0.493 e. The van der Waals surface area contributed by atoms with Crippen molar-refractivity contribution in [2.24, 2.45) is 13.0 Å². The van der Waals surface area contributed by atoms with Crippen molar-refractivity contribution in [1.29, 1.82) is 0 Å². The summed E-state index contributed by atoms with van der Waals surface area (Å²) in [5.41, 5.74) is 0.568. The van der Waals surface area contributed by atoms with Crippen LogP contribution in [0.5, 0.6) is 5.75 Å². The smallest absolute Gasteiger partial charge is 0.187 e. The van der Waals surface area contributed by atoms with Gasteiger partial charge in [-0.1, -0.05) is 20.3 Å². The molecular formula is C11H18N2O2. The molecule has 84 valence electrons. The van der Waals surface area contributed by atoms with Crippen molar-refractivity contribution in [2.75, 3.05) is 7.11 Å². The summed E-state index contributed by atoms with van der Waals surface area (Å²) in [5, 5.41) is 4.02. The first-order chi connectivity index (χ1) is 7.11. The summed E-state index contributed by atoms with van der Waals surface area (Å²) >= 11 is 0. The van der Waals surface area contributed by atoms with Crippen molar-refractivity contribution < 1.29 is 9.53 Å². The largest absolute Gasteiger partial charge is 0.493 e. The summed E-state index contributed by atoms with van der Waals surface area (Å²) in [4.78, 5) is 12.1. The van der Waals surface area contributed by atoms with E-state index in [1.165, 1.54) is 0 Å². The highest BCUT2D eigenvalue weighted by atomic mass is 16.5. The number of Topliss-reactive ketones (excluding diaryl/α,β-unsaturated/α-hetero) is 1. The summed E-state index contributed by atoms with van der Waals surface area (Å²) in [7, 11) is 3.31. The van der Waals surface area contributed by atoms with Gasteiger partial charge >= 0.3 is 0 Å². The highest BCUT2D eigenvalue weighted by molar-refractivity contribution is 5.98. The molecule has 15 heavy (non-hydrogen) atoms. The van der Waals surface area contributed by atoms with Gasteiger partial charge in [-0.2, -0.15) is 5.10 Å². The van der Waals surface area contributed by atoms with E-state index in [2.05, 4.69) is 12.0 Å². The van der Waals surface area contributed by atoms with E-state index in [0.29, 0.717) is 11.4 Å². The lowest BCUT2D eigenvalue weighted by atomic mass is 9.98. The number of rotatable bonds is 5. The summed E-state index contributed by atoms with van der Waals surface area (Å²) < 4.78 is 6.69. The number of ether oxygens (including phenoxy) is 1. The lowest BCUT2D eigenvalue weighted by Gasteiger charge is -2.10. The van der Waals surface area contributed by atoms with Crippen LogP contribution in [-0.2, 0) is 7.05 Å². The maximum Gasteiger partial charge on any atom is 0.187 e. The van der Waals surface area contributed by atoms with Crippen LogP contribution in [0.3, 0.4) is 0 Å². The van der Waals surface area contributed by atoms with Gasteiger partial charge in [-0.25, -0.2) is 0 Å². The highest BCUT2D eigenvalue weighted by Gasteiger charge is 2.22. The Morgan fingerprint density at radius 2 is 2.33 bits per heavy atom. The third kappa shape index (κ3) is 2.37. The van der Waals surface area contributed by atoms with Gasteiger partial charge in [0.1, 0.15) is 5.69 Å². The zero-order valence-electron chi connectivity index (χ0n) is 9.78. The van der Waals surface area contributed by atoms with Crippen molar-refractivity contribution in [3.8, 4) is 5.75 Å². The number of ketones is 1. The molecule has 1 rings (SSSR count). The molecule has 0 N–H and O–H groups in total. The quantitative estimate of drug-likeness (QED) is 0.699. The fraction of sp³-hybridized carbons (Fsp3) is 0.636. The first-order valence-electron chi connectivity index (χ1n) is 5.22. The van der Waals surface area contributed by atoms with Crippen LogP contribution in [0.1, 0.15) is 37.2 Å². The first-order valence-corrected chi connectivity index (χ1v) is 5.22. The molecular weight excluding hydrogens is 192 g/mol. The van der Waals surface area contributed by atoms with Gasteiger partial charge in [-0.15, -0.1) is 0 Å². The Hall–Kier alpha value is -1.32. The van der Waals surface area contributed by atoms with Crippen LogP contribution < -0.4 is 4.74 Å². The molecule has 0 radical (unpaired) electrons. The van der Waals surface area contributed by atoms with Gasteiger partial charge in [0.15, 0.2) is 11.5 Å². The monoisotopic (exact) mass is 210 g/mol. The molecule has 1 aromatic heterocycles. The fourth-order valence-corrected chi connectivity index (χ4v) is 1.65. The molecule has 0 aromatic carbocycles. The second-order valence-corrected chi connectivity index (χ2v) is 3.74. The first kappa shape index (κ1) is 11.8. The second-order valence-electron chi connectivity index (χ2n) is 3.74. The molecule has 0 spiro atoms. The van der Waals surface area contributed by atoms with Crippen molar-refractivity contribution in [2.45, 2.75) is 26.7 Å². The minimum atomic E-state index is 0.0271. The number of carbonyl (C=O) groups excluding carboxylic acids is 1. The molecule has 1 aromatic rings. The van der Waals surface area contributed by atoms with Crippen LogP contribution >= 0.6 is 0 Å². The number of methoxy groups -OCH3 is 1. The molecule has 0 saturated carbocycles. The molecule has 0 fully saturated rings. The lowest BCUT2D eigenvalue weighted by Crippen LogP contribution is -2.16. The number of aromatic nitrogens is 2. The van der Waals surface area contributed by atoms with Crippen LogP contribution in [0.15, 0.2) is 6.20 Å². The topological polar surface area (TPSA) is 44.1 Å². The Kier molecular flexibility index (Phi) is 3.88. The van der Waals surface area contributed by atoms with Crippen molar-refractivity contribution in [3.05, 3.63) is 11.9 Å². The molecule has 4 heteroatoms. The third-order valence-corrected chi connectivity index (χ3v) is 2.53. The van der Waals surface area contributed by atoms with Crippen molar-refractivity contribution in [3.63, 3.8) is 0 Å². The van der Waals surface area contributed by atoms with E-state index in [4.69, 9.17) is 4.74 Å². The minimum absolute atomic E-state index is 0.0271. The Labute approximate surface area is 90.2 Å². The predicted octanol–water partition coefficient (Wildman–Crippen LogP) is 2.05. The van der Waals surface area contributed by atoms with E-state index in [9.17, 15) is 4.79 Å². The van der Waals surface area contributed by atoms with Gasteiger partial charge in [-0.05, 0) is 6.42 Å². The van der Waals surface area contributed by atoms with Crippen LogP contribution in [0.4, 0.5) is 0 Å². The average Bonchev–Trinajstić information content (AvgIpc) is 2.58. The fourth-order valence-electron chi connectivity index (χ4n) is 1.65. The maximum absolute atomic E-state index is 12.1.